The molecule has 3 rings (SSSR count). The minimum absolute atomic E-state index is 0. The summed E-state index contributed by atoms with van der Waals surface area (Å²) in [7, 11) is 0. The van der Waals surface area contributed by atoms with Crippen molar-refractivity contribution in [1.29, 1.82) is 0 Å². The molecule has 1 amide bonds. The van der Waals surface area contributed by atoms with Crippen LogP contribution < -0.4 is 10.6 Å². The van der Waals surface area contributed by atoms with Crippen molar-refractivity contribution < 1.29 is 14.1 Å². The van der Waals surface area contributed by atoms with Crippen LogP contribution in [0.15, 0.2) is 18.2 Å². The Labute approximate surface area is 164 Å². The number of carbonyl (C=O) groups excluding carboxylic acids is 1. The highest BCUT2D eigenvalue weighted by atomic mass is 35.5. The van der Waals surface area contributed by atoms with Gasteiger partial charge in [-0.05, 0) is 50.8 Å². The summed E-state index contributed by atoms with van der Waals surface area (Å²) in [5, 5.41) is 16.9. The van der Waals surface area contributed by atoms with Gasteiger partial charge >= 0.3 is 0 Å². The highest BCUT2D eigenvalue weighted by Crippen LogP contribution is 2.22. The molecule has 150 valence electrons. The van der Waals surface area contributed by atoms with Crippen LogP contribution in [-0.2, 0) is 11.3 Å². The third kappa shape index (κ3) is 5.85. The van der Waals surface area contributed by atoms with Gasteiger partial charge < -0.3 is 10.6 Å². The van der Waals surface area contributed by atoms with Crippen molar-refractivity contribution in [2.45, 2.75) is 38.3 Å². The lowest BCUT2D eigenvalue weighted by molar-refractivity contribution is -0.385. The van der Waals surface area contributed by atoms with E-state index in [0.29, 0.717) is 24.6 Å². The number of hydrogen-bond donors (Lipinski definition) is 2. The smallest absolute Gasteiger partial charge is 0.272 e. The van der Waals surface area contributed by atoms with Gasteiger partial charge in [0.15, 0.2) is 0 Å². The predicted octanol–water partition coefficient (Wildman–Crippen LogP) is 2.24. The number of rotatable bonds is 6. The van der Waals surface area contributed by atoms with Gasteiger partial charge in [-0.3, -0.25) is 19.8 Å². The summed E-state index contributed by atoms with van der Waals surface area (Å²) >= 11 is 0. The first-order chi connectivity index (χ1) is 12.5. The fraction of sp³-hybridized carbons (Fsp3) is 0.611. The van der Waals surface area contributed by atoms with Crippen LogP contribution in [0.4, 0.5) is 10.1 Å². The van der Waals surface area contributed by atoms with Crippen molar-refractivity contribution in [3.63, 3.8) is 0 Å². The molecule has 2 unspecified atom stereocenters. The average Bonchev–Trinajstić information content (AvgIpc) is 3.16. The van der Waals surface area contributed by atoms with E-state index < -0.39 is 10.7 Å². The molecule has 0 spiro atoms. The van der Waals surface area contributed by atoms with Crippen LogP contribution in [0.25, 0.3) is 0 Å². The zero-order chi connectivity index (χ0) is 18.5. The van der Waals surface area contributed by atoms with Gasteiger partial charge in [0, 0.05) is 31.3 Å². The number of likely N-dealkylation sites (tertiary alicyclic amines) is 1. The molecule has 2 saturated heterocycles. The molecule has 0 radical (unpaired) electrons. The van der Waals surface area contributed by atoms with Gasteiger partial charge in [0.1, 0.15) is 5.82 Å². The summed E-state index contributed by atoms with van der Waals surface area (Å²) in [5.41, 5.74) is 0.237. The summed E-state index contributed by atoms with van der Waals surface area (Å²) < 4.78 is 14.1. The summed E-state index contributed by atoms with van der Waals surface area (Å²) in [6.07, 6.45) is 3.96. The number of carbonyl (C=O) groups is 1. The number of nitro groups is 1. The second-order valence-electron chi connectivity index (χ2n) is 7.17. The summed E-state index contributed by atoms with van der Waals surface area (Å²) in [5.74, 6) is -0.127. The van der Waals surface area contributed by atoms with Crippen molar-refractivity contribution >= 4 is 24.0 Å². The third-order valence-electron chi connectivity index (χ3n) is 5.19. The lowest BCUT2D eigenvalue weighted by atomic mass is 9.97. The number of nitrogens with one attached hydrogen (secondary N) is 2. The standard InChI is InChI=1S/C18H25FN4O3.ClH/c19-16-9-15(23(25)26)6-5-14(16)12-22-8-2-3-13(11-22)10-21-18(24)17-4-1-7-20-17;/h5-6,9,13,17,20H,1-4,7-8,10-12H2,(H,21,24);1H. The highest BCUT2D eigenvalue weighted by molar-refractivity contribution is 5.85. The Morgan fingerprint density at radius 3 is 2.85 bits per heavy atom. The number of nitro benzene ring substituents is 1. The minimum Gasteiger partial charge on any atom is -0.354 e. The Morgan fingerprint density at radius 1 is 1.37 bits per heavy atom. The first-order valence-corrected chi connectivity index (χ1v) is 9.19. The molecular weight excluding hydrogens is 375 g/mol. The average molecular weight is 401 g/mol. The zero-order valence-corrected chi connectivity index (χ0v) is 16.0. The van der Waals surface area contributed by atoms with E-state index in [2.05, 4.69) is 15.5 Å². The Kier molecular flexibility index (Phi) is 7.94. The zero-order valence-electron chi connectivity index (χ0n) is 15.2. The molecule has 9 heteroatoms. The Bertz CT molecular complexity index is 670. The third-order valence-corrected chi connectivity index (χ3v) is 5.19. The first kappa shape index (κ1) is 21.5. The van der Waals surface area contributed by atoms with Gasteiger partial charge in [-0.15, -0.1) is 12.4 Å². The van der Waals surface area contributed by atoms with Gasteiger partial charge in [0.25, 0.3) is 5.69 Å². The van der Waals surface area contributed by atoms with E-state index in [-0.39, 0.29) is 30.0 Å². The van der Waals surface area contributed by atoms with Crippen molar-refractivity contribution in [2.24, 2.45) is 5.92 Å². The topological polar surface area (TPSA) is 87.5 Å². The summed E-state index contributed by atoms with van der Waals surface area (Å²) in [4.78, 5) is 24.4. The van der Waals surface area contributed by atoms with Crippen LogP contribution in [-0.4, -0.2) is 48.0 Å². The maximum Gasteiger partial charge on any atom is 0.272 e. The molecule has 1 aromatic carbocycles. The molecule has 0 aromatic heterocycles. The van der Waals surface area contributed by atoms with Gasteiger partial charge in [-0.1, -0.05) is 0 Å². The number of nitrogens with zero attached hydrogens (tertiary/aromatic N) is 2. The minimum atomic E-state index is -0.592. The van der Waals surface area contributed by atoms with E-state index in [1.54, 1.807) is 0 Å². The fourth-order valence-electron chi connectivity index (χ4n) is 3.76. The van der Waals surface area contributed by atoms with E-state index in [4.69, 9.17) is 0 Å². The number of piperidine rings is 1. The number of amides is 1. The first-order valence-electron chi connectivity index (χ1n) is 9.19. The molecular formula is C18H26ClFN4O3. The number of benzene rings is 1. The van der Waals surface area contributed by atoms with Crippen molar-refractivity contribution in [2.75, 3.05) is 26.2 Å². The summed E-state index contributed by atoms with van der Waals surface area (Å²) in [6.45, 7) is 3.62. The van der Waals surface area contributed by atoms with E-state index >= 15 is 0 Å². The molecule has 2 atom stereocenters. The molecule has 0 saturated carbocycles. The second-order valence-corrected chi connectivity index (χ2v) is 7.17. The van der Waals surface area contributed by atoms with Gasteiger partial charge in [0.05, 0.1) is 17.0 Å². The largest absolute Gasteiger partial charge is 0.354 e. The van der Waals surface area contributed by atoms with E-state index in [1.807, 2.05) is 0 Å². The lowest BCUT2D eigenvalue weighted by Gasteiger charge is -2.33. The molecule has 2 heterocycles. The van der Waals surface area contributed by atoms with E-state index in [0.717, 1.165) is 51.4 Å². The van der Waals surface area contributed by atoms with Crippen molar-refractivity contribution in [3.8, 4) is 0 Å². The van der Waals surface area contributed by atoms with E-state index in [9.17, 15) is 19.3 Å². The normalized spacial score (nSPS) is 22.9. The summed E-state index contributed by atoms with van der Waals surface area (Å²) in [6, 6.07) is 3.74. The molecule has 7 nitrogen and oxygen atoms in total. The maximum atomic E-state index is 14.1. The van der Waals surface area contributed by atoms with Crippen LogP contribution >= 0.6 is 12.4 Å². The lowest BCUT2D eigenvalue weighted by Crippen LogP contribution is -2.45. The maximum absolute atomic E-state index is 14.1. The Hall–Kier alpha value is -1.77. The van der Waals surface area contributed by atoms with Gasteiger partial charge in [-0.2, -0.15) is 0 Å². The molecule has 2 N–H and O–H groups in total. The van der Waals surface area contributed by atoms with E-state index in [1.165, 1.54) is 12.1 Å². The molecule has 2 aliphatic heterocycles. The highest BCUT2D eigenvalue weighted by Gasteiger charge is 2.25. The Morgan fingerprint density at radius 2 is 2.19 bits per heavy atom. The van der Waals surface area contributed by atoms with Gasteiger partial charge in [0.2, 0.25) is 5.91 Å². The van der Waals surface area contributed by atoms with Crippen LogP contribution in [0, 0.1) is 21.8 Å². The second kappa shape index (κ2) is 9.96. The van der Waals surface area contributed by atoms with Crippen molar-refractivity contribution in [3.05, 3.63) is 39.7 Å². The monoisotopic (exact) mass is 400 g/mol. The Balaban J connectivity index is 0.00000261. The molecule has 0 bridgehead atoms. The quantitative estimate of drug-likeness (QED) is 0.564. The van der Waals surface area contributed by atoms with Crippen LogP contribution in [0.5, 0.6) is 0 Å². The molecule has 2 aliphatic rings. The molecule has 2 fully saturated rings. The number of hydrogen-bond acceptors (Lipinski definition) is 5. The van der Waals surface area contributed by atoms with Crippen LogP contribution in [0.1, 0.15) is 31.2 Å². The van der Waals surface area contributed by atoms with Crippen LogP contribution in [0.3, 0.4) is 0 Å². The van der Waals surface area contributed by atoms with Crippen molar-refractivity contribution in [1.82, 2.24) is 15.5 Å². The fourth-order valence-corrected chi connectivity index (χ4v) is 3.76. The van der Waals surface area contributed by atoms with Crippen LogP contribution in [0.2, 0.25) is 0 Å². The molecule has 0 aliphatic carbocycles. The predicted molar refractivity (Wildman–Crippen MR) is 102 cm³/mol. The molecule has 1 aromatic rings. The number of non-ortho nitro benzene ring substituents is 1. The molecule has 27 heavy (non-hydrogen) atoms. The SMILES string of the molecule is Cl.O=C(NCC1CCCN(Cc2ccc([N+](=O)[O-])cc2F)C1)C1CCCN1. The van der Waals surface area contributed by atoms with Gasteiger partial charge in [-0.25, -0.2) is 4.39 Å². The number of halogens is 2.